The molecular weight excluding hydrogens is 436 g/mol. The van der Waals surface area contributed by atoms with E-state index in [4.69, 9.17) is 19.2 Å². The van der Waals surface area contributed by atoms with E-state index in [2.05, 4.69) is 5.32 Å². The van der Waals surface area contributed by atoms with Gasteiger partial charge in [-0.05, 0) is 61.9 Å². The summed E-state index contributed by atoms with van der Waals surface area (Å²) in [6.07, 6.45) is 5.83. The number of aliphatic imine (C=N–C) groups is 1. The van der Waals surface area contributed by atoms with Crippen LogP contribution in [-0.2, 0) is 12.8 Å². The minimum atomic E-state index is -0.116. The number of methoxy groups -OCH3 is 3. The van der Waals surface area contributed by atoms with Gasteiger partial charge in [0.15, 0.2) is 11.5 Å². The van der Waals surface area contributed by atoms with E-state index in [1.807, 2.05) is 43.3 Å². The predicted octanol–water partition coefficient (Wildman–Crippen LogP) is 5.96. The van der Waals surface area contributed by atoms with Gasteiger partial charge in [-0.1, -0.05) is 18.2 Å². The summed E-state index contributed by atoms with van der Waals surface area (Å²) in [6, 6.07) is 11.5. The molecule has 1 amide bonds. The smallest absolute Gasteiger partial charge is 0.259 e. The van der Waals surface area contributed by atoms with Gasteiger partial charge < -0.3 is 19.5 Å². The van der Waals surface area contributed by atoms with E-state index in [-0.39, 0.29) is 5.91 Å². The Hall–Kier alpha value is -3.32. The van der Waals surface area contributed by atoms with Crippen LogP contribution in [-0.4, -0.2) is 33.5 Å². The van der Waals surface area contributed by atoms with Crippen molar-refractivity contribution in [2.24, 2.45) is 4.99 Å². The first-order chi connectivity index (χ1) is 16.1. The van der Waals surface area contributed by atoms with Gasteiger partial charge in [0.05, 0.1) is 26.9 Å². The monoisotopic (exact) mass is 464 g/mol. The highest BCUT2D eigenvalue weighted by Gasteiger charge is 2.25. The van der Waals surface area contributed by atoms with Gasteiger partial charge in [0.1, 0.15) is 5.00 Å². The average Bonchev–Trinajstić information content (AvgIpc) is 3.21. The third kappa shape index (κ3) is 4.59. The standard InChI is InChI=1S/C26H28N2O4S/c1-16-9-5-7-11-19(16)28-25(29)22-18-10-6-8-12-21(18)33-26(22)27-15-17-13-14-20(30-2)24(32-4)23(17)31-3/h5,7,9,11,13-15H,6,8,10,12H2,1-4H3,(H,28,29). The number of benzene rings is 2. The zero-order chi connectivity index (χ0) is 23.4. The lowest BCUT2D eigenvalue weighted by Gasteiger charge is -2.14. The number of thiophene rings is 1. The molecule has 0 fully saturated rings. The highest BCUT2D eigenvalue weighted by molar-refractivity contribution is 7.16. The van der Waals surface area contributed by atoms with Crippen LogP contribution >= 0.6 is 11.3 Å². The molecular formula is C26H28N2O4S. The summed E-state index contributed by atoms with van der Waals surface area (Å²) >= 11 is 1.60. The van der Waals surface area contributed by atoms with Gasteiger partial charge >= 0.3 is 0 Å². The Labute approximate surface area is 198 Å². The lowest BCUT2D eigenvalue weighted by molar-refractivity contribution is 0.102. The second kappa shape index (κ2) is 10.1. The summed E-state index contributed by atoms with van der Waals surface area (Å²) in [6.45, 7) is 1.99. The maximum Gasteiger partial charge on any atom is 0.259 e. The lowest BCUT2D eigenvalue weighted by Crippen LogP contribution is -2.15. The fourth-order valence-electron chi connectivity index (χ4n) is 4.13. The number of hydrogen-bond donors (Lipinski definition) is 1. The van der Waals surface area contributed by atoms with Crippen LogP contribution in [0.1, 0.15) is 44.8 Å². The van der Waals surface area contributed by atoms with Crippen molar-refractivity contribution in [3.05, 3.63) is 63.5 Å². The molecule has 7 heteroatoms. The Kier molecular flexibility index (Phi) is 6.99. The van der Waals surface area contributed by atoms with E-state index in [0.29, 0.717) is 27.8 Å². The summed E-state index contributed by atoms with van der Waals surface area (Å²) in [5, 5.41) is 3.80. The highest BCUT2D eigenvalue weighted by atomic mass is 32.1. The molecule has 0 bridgehead atoms. The molecule has 2 aromatic carbocycles. The normalized spacial score (nSPS) is 13.0. The van der Waals surface area contributed by atoms with Crippen LogP contribution in [0.3, 0.4) is 0 Å². The molecule has 0 unspecified atom stereocenters. The molecule has 3 aromatic rings. The van der Waals surface area contributed by atoms with E-state index >= 15 is 0 Å². The molecule has 0 saturated heterocycles. The number of hydrogen-bond acceptors (Lipinski definition) is 6. The topological polar surface area (TPSA) is 69.2 Å². The van der Waals surface area contributed by atoms with Crippen LogP contribution in [0, 0.1) is 6.92 Å². The number of fused-ring (bicyclic) bond motifs is 1. The van der Waals surface area contributed by atoms with E-state index in [9.17, 15) is 4.79 Å². The summed E-state index contributed by atoms with van der Waals surface area (Å²) in [4.78, 5) is 19.4. The van der Waals surface area contributed by atoms with Crippen LogP contribution in [0.5, 0.6) is 17.2 Å². The number of para-hydroxylation sites is 1. The Morgan fingerprint density at radius 3 is 2.48 bits per heavy atom. The number of anilines is 1. The first-order valence-corrected chi connectivity index (χ1v) is 11.7. The second-order valence-electron chi connectivity index (χ2n) is 7.84. The molecule has 0 aliphatic heterocycles. The van der Waals surface area contributed by atoms with Gasteiger partial charge in [0.2, 0.25) is 5.75 Å². The minimum Gasteiger partial charge on any atom is -0.493 e. The lowest BCUT2D eigenvalue weighted by atomic mass is 9.95. The first-order valence-electron chi connectivity index (χ1n) is 10.9. The largest absolute Gasteiger partial charge is 0.493 e. The van der Waals surface area contributed by atoms with Gasteiger partial charge in [-0.25, -0.2) is 4.99 Å². The quantitative estimate of drug-likeness (QED) is 0.438. The SMILES string of the molecule is COc1ccc(C=Nc2sc3c(c2C(=O)Nc2ccccc2C)CCCC3)c(OC)c1OC. The molecule has 0 atom stereocenters. The summed E-state index contributed by atoms with van der Waals surface area (Å²) < 4.78 is 16.4. The predicted molar refractivity (Wildman–Crippen MR) is 133 cm³/mol. The average molecular weight is 465 g/mol. The number of nitrogens with zero attached hydrogens (tertiary/aromatic N) is 1. The fraction of sp³-hybridized carbons (Fsp3) is 0.308. The zero-order valence-electron chi connectivity index (χ0n) is 19.4. The number of nitrogens with one attached hydrogen (secondary N) is 1. The van der Waals surface area contributed by atoms with E-state index < -0.39 is 0 Å². The Morgan fingerprint density at radius 2 is 1.76 bits per heavy atom. The maximum absolute atomic E-state index is 13.4. The molecule has 1 aliphatic carbocycles. The van der Waals surface area contributed by atoms with Crippen LogP contribution in [0.2, 0.25) is 0 Å². The van der Waals surface area contributed by atoms with Gasteiger partial charge in [0, 0.05) is 22.3 Å². The molecule has 1 heterocycles. The molecule has 0 radical (unpaired) electrons. The fourth-order valence-corrected chi connectivity index (χ4v) is 5.36. The highest BCUT2D eigenvalue weighted by Crippen LogP contribution is 2.42. The molecule has 0 saturated carbocycles. The number of ether oxygens (including phenoxy) is 3. The molecule has 33 heavy (non-hydrogen) atoms. The number of rotatable bonds is 7. The summed E-state index contributed by atoms with van der Waals surface area (Å²) in [7, 11) is 4.74. The van der Waals surface area contributed by atoms with Crippen molar-refractivity contribution in [2.75, 3.05) is 26.6 Å². The van der Waals surface area contributed by atoms with E-state index in [1.165, 1.54) is 4.88 Å². The van der Waals surface area contributed by atoms with E-state index in [0.717, 1.165) is 48.1 Å². The van der Waals surface area contributed by atoms with E-state index in [1.54, 1.807) is 38.9 Å². The molecule has 0 spiro atoms. The molecule has 172 valence electrons. The maximum atomic E-state index is 13.4. The van der Waals surface area contributed by atoms with Gasteiger partial charge in [-0.3, -0.25) is 4.79 Å². The molecule has 1 aliphatic rings. The van der Waals surface area contributed by atoms with Crippen LogP contribution in [0.15, 0.2) is 41.4 Å². The number of amides is 1. The van der Waals surface area contributed by atoms with Gasteiger partial charge in [-0.15, -0.1) is 11.3 Å². The first kappa shape index (κ1) is 22.9. The van der Waals surface area contributed by atoms with Crippen molar-refractivity contribution in [1.82, 2.24) is 0 Å². The van der Waals surface area contributed by atoms with Gasteiger partial charge in [0.25, 0.3) is 5.91 Å². The molecule has 1 N–H and O–H groups in total. The third-order valence-corrected chi connectivity index (χ3v) is 7.03. The van der Waals surface area contributed by atoms with Crippen molar-refractivity contribution < 1.29 is 19.0 Å². The Bertz CT molecular complexity index is 1200. The number of carbonyl (C=O) groups is 1. The Morgan fingerprint density at radius 1 is 1.00 bits per heavy atom. The van der Waals surface area contributed by atoms with Crippen molar-refractivity contribution in [1.29, 1.82) is 0 Å². The number of aryl methyl sites for hydroxylation is 2. The third-order valence-electron chi connectivity index (χ3n) is 5.83. The van der Waals surface area contributed by atoms with Crippen LogP contribution in [0.25, 0.3) is 0 Å². The minimum absolute atomic E-state index is 0.116. The Balaban J connectivity index is 1.73. The van der Waals surface area contributed by atoms with Crippen molar-refractivity contribution in [3.63, 3.8) is 0 Å². The van der Waals surface area contributed by atoms with Crippen LogP contribution in [0.4, 0.5) is 10.7 Å². The zero-order valence-corrected chi connectivity index (χ0v) is 20.2. The summed E-state index contributed by atoms with van der Waals surface area (Å²) in [5.41, 5.74) is 4.38. The van der Waals surface area contributed by atoms with Crippen molar-refractivity contribution in [2.45, 2.75) is 32.6 Å². The molecule has 1 aromatic heterocycles. The molecule has 4 rings (SSSR count). The van der Waals surface area contributed by atoms with Crippen molar-refractivity contribution >= 4 is 34.1 Å². The van der Waals surface area contributed by atoms with Crippen molar-refractivity contribution in [3.8, 4) is 17.2 Å². The molecule has 6 nitrogen and oxygen atoms in total. The second-order valence-corrected chi connectivity index (χ2v) is 8.93. The van der Waals surface area contributed by atoms with Gasteiger partial charge in [-0.2, -0.15) is 0 Å². The summed E-state index contributed by atoms with van der Waals surface area (Å²) in [5.74, 6) is 1.51. The number of carbonyl (C=O) groups excluding carboxylic acids is 1. The van der Waals surface area contributed by atoms with Crippen LogP contribution < -0.4 is 19.5 Å².